The van der Waals surface area contributed by atoms with E-state index in [-0.39, 0.29) is 24.5 Å². The number of hydrogen-bond donors (Lipinski definition) is 1. The zero-order valence-electron chi connectivity index (χ0n) is 13.5. The zero-order valence-corrected chi connectivity index (χ0v) is 13.5. The van der Waals surface area contributed by atoms with Crippen LogP contribution >= 0.6 is 0 Å². The van der Waals surface area contributed by atoms with Gasteiger partial charge < -0.3 is 10.1 Å². The van der Waals surface area contributed by atoms with Gasteiger partial charge in [-0.3, -0.25) is 4.79 Å². The third-order valence-corrected chi connectivity index (χ3v) is 3.33. The number of aromatic nitrogens is 5. The van der Waals surface area contributed by atoms with Crippen molar-refractivity contribution in [2.45, 2.75) is 32.4 Å². The van der Waals surface area contributed by atoms with E-state index in [4.69, 9.17) is 4.74 Å². The predicted octanol–water partition coefficient (Wildman–Crippen LogP) is 2.01. The molecule has 0 aliphatic rings. The quantitative estimate of drug-likeness (QED) is 0.692. The van der Waals surface area contributed by atoms with Crippen LogP contribution in [0.25, 0.3) is 5.65 Å². The van der Waals surface area contributed by atoms with E-state index in [0.29, 0.717) is 11.5 Å². The van der Waals surface area contributed by atoms with E-state index in [1.807, 2.05) is 44.2 Å². The SMILES string of the molecule is CC(C)OC(=O)CC(Nc1ccc2nnnn2n1)c1ccccc1. The van der Waals surface area contributed by atoms with Crippen molar-refractivity contribution in [1.29, 1.82) is 0 Å². The fourth-order valence-corrected chi connectivity index (χ4v) is 2.32. The molecule has 2 aromatic heterocycles. The molecule has 1 aromatic carbocycles. The minimum Gasteiger partial charge on any atom is -0.463 e. The van der Waals surface area contributed by atoms with Crippen LogP contribution in [-0.2, 0) is 9.53 Å². The number of nitrogens with zero attached hydrogens (tertiary/aromatic N) is 5. The minimum atomic E-state index is -0.269. The first-order valence-corrected chi connectivity index (χ1v) is 7.68. The molecule has 124 valence electrons. The maximum atomic E-state index is 12.1. The van der Waals surface area contributed by atoms with E-state index in [1.165, 1.54) is 4.63 Å². The van der Waals surface area contributed by atoms with Gasteiger partial charge in [-0.2, -0.15) is 0 Å². The zero-order chi connectivity index (χ0) is 16.9. The van der Waals surface area contributed by atoms with Crippen LogP contribution in [0, 0.1) is 0 Å². The van der Waals surface area contributed by atoms with E-state index in [2.05, 4.69) is 25.9 Å². The minimum absolute atomic E-state index is 0.148. The highest BCUT2D eigenvalue weighted by atomic mass is 16.5. The largest absolute Gasteiger partial charge is 0.463 e. The highest BCUT2D eigenvalue weighted by molar-refractivity contribution is 5.71. The number of hydrogen-bond acceptors (Lipinski definition) is 7. The molecule has 1 unspecified atom stereocenters. The van der Waals surface area contributed by atoms with Crippen molar-refractivity contribution in [3.05, 3.63) is 48.0 Å². The molecule has 0 saturated heterocycles. The first-order chi connectivity index (χ1) is 11.6. The Balaban J connectivity index is 1.82. The summed E-state index contributed by atoms with van der Waals surface area (Å²) >= 11 is 0. The molecule has 3 aromatic rings. The summed E-state index contributed by atoms with van der Waals surface area (Å²) in [4.78, 5) is 12.1. The summed E-state index contributed by atoms with van der Waals surface area (Å²) in [5, 5.41) is 18.7. The molecule has 0 spiro atoms. The molecular weight excluding hydrogens is 308 g/mol. The maximum absolute atomic E-state index is 12.1. The molecule has 0 saturated carbocycles. The molecule has 8 heteroatoms. The van der Waals surface area contributed by atoms with E-state index < -0.39 is 0 Å². The average molecular weight is 326 g/mol. The van der Waals surface area contributed by atoms with Crippen molar-refractivity contribution in [3.8, 4) is 0 Å². The van der Waals surface area contributed by atoms with Gasteiger partial charge in [0.2, 0.25) is 0 Å². The molecule has 1 atom stereocenters. The van der Waals surface area contributed by atoms with Gasteiger partial charge >= 0.3 is 5.97 Å². The van der Waals surface area contributed by atoms with Crippen molar-refractivity contribution in [2.24, 2.45) is 0 Å². The summed E-state index contributed by atoms with van der Waals surface area (Å²) in [6, 6.07) is 13.0. The van der Waals surface area contributed by atoms with Crippen LogP contribution in [0.5, 0.6) is 0 Å². The molecule has 0 radical (unpaired) electrons. The lowest BCUT2D eigenvalue weighted by Crippen LogP contribution is -2.20. The van der Waals surface area contributed by atoms with Gasteiger partial charge in [-0.15, -0.1) is 14.8 Å². The van der Waals surface area contributed by atoms with Crippen molar-refractivity contribution in [2.75, 3.05) is 5.32 Å². The second-order valence-electron chi connectivity index (χ2n) is 5.60. The lowest BCUT2D eigenvalue weighted by atomic mass is 10.0. The molecule has 1 N–H and O–H groups in total. The lowest BCUT2D eigenvalue weighted by Gasteiger charge is -2.19. The van der Waals surface area contributed by atoms with Crippen LogP contribution in [-0.4, -0.2) is 37.3 Å². The van der Waals surface area contributed by atoms with Crippen LogP contribution in [0.3, 0.4) is 0 Å². The summed E-state index contributed by atoms with van der Waals surface area (Å²) in [7, 11) is 0. The number of ether oxygens (including phenoxy) is 1. The highest BCUT2D eigenvalue weighted by Gasteiger charge is 2.18. The number of tetrazole rings is 1. The number of carbonyl (C=O) groups excluding carboxylic acids is 1. The summed E-state index contributed by atoms with van der Waals surface area (Å²) in [5.41, 5.74) is 1.52. The molecule has 0 aliphatic carbocycles. The smallest absolute Gasteiger partial charge is 0.308 e. The Hall–Kier alpha value is -3.03. The van der Waals surface area contributed by atoms with Gasteiger partial charge in [0.05, 0.1) is 18.6 Å². The van der Waals surface area contributed by atoms with Crippen molar-refractivity contribution < 1.29 is 9.53 Å². The fraction of sp³-hybridized carbons (Fsp3) is 0.312. The van der Waals surface area contributed by atoms with Gasteiger partial charge in [0.1, 0.15) is 5.82 Å². The summed E-state index contributed by atoms with van der Waals surface area (Å²) in [6.45, 7) is 3.66. The highest BCUT2D eigenvalue weighted by Crippen LogP contribution is 2.22. The third kappa shape index (κ3) is 3.83. The number of benzene rings is 1. The number of anilines is 1. The monoisotopic (exact) mass is 326 g/mol. The average Bonchev–Trinajstić information content (AvgIpc) is 3.02. The maximum Gasteiger partial charge on any atom is 0.308 e. The van der Waals surface area contributed by atoms with Crippen LogP contribution in [0.1, 0.15) is 31.9 Å². The summed E-state index contributed by atoms with van der Waals surface area (Å²) < 4.78 is 6.59. The number of rotatable bonds is 6. The van der Waals surface area contributed by atoms with E-state index >= 15 is 0 Å². The van der Waals surface area contributed by atoms with E-state index in [9.17, 15) is 4.79 Å². The number of esters is 1. The third-order valence-electron chi connectivity index (χ3n) is 3.33. The summed E-state index contributed by atoms with van der Waals surface area (Å²) in [5.74, 6) is 0.302. The summed E-state index contributed by atoms with van der Waals surface area (Å²) in [6.07, 6.45) is 0.0435. The van der Waals surface area contributed by atoms with Gasteiger partial charge in [-0.25, -0.2) is 0 Å². The Morgan fingerprint density at radius 1 is 1.21 bits per heavy atom. The van der Waals surface area contributed by atoms with Crippen molar-refractivity contribution in [3.63, 3.8) is 0 Å². The number of carbonyl (C=O) groups is 1. The van der Waals surface area contributed by atoms with Crippen LogP contribution in [0.15, 0.2) is 42.5 Å². The van der Waals surface area contributed by atoms with Crippen molar-refractivity contribution in [1.82, 2.24) is 25.3 Å². The molecule has 0 aliphatic heterocycles. The van der Waals surface area contributed by atoms with Gasteiger partial charge in [0.15, 0.2) is 5.65 Å². The second-order valence-corrected chi connectivity index (χ2v) is 5.60. The molecule has 0 amide bonds. The van der Waals surface area contributed by atoms with E-state index in [0.717, 1.165) is 5.56 Å². The Labute approximate surface area is 138 Å². The Kier molecular flexibility index (Phi) is 4.64. The van der Waals surface area contributed by atoms with Gasteiger partial charge in [-0.05, 0) is 42.0 Å². The standard InChI is InChI=1S/C16H18N6O2/c1-11(2)24-16(23)10-13(12-6-4-3-5-7-12)17-14-8-9-15-18-20-21-22(15)19-14/h3-9,11,13H,10H2,1-2H3,(H,17,19). The van der Waals surface area contributed by atoms with Crippen LogP contribution < -0.4 is 5.32 Å². The van der Waals surface area contributed by atoms with E-state index in [1.54, 1.807) is 12.1 Å². The molecule has 24 heavy (non-hydrogen) atoms. The lowest BCUT2D eigenvalue weighted by molar-refractivity contribution is -0.147. The molecule has 0 bridgehead atoms. The molecular formula is C16H18N6O2. The molecule has 8 nitrogen and oxygen atoms in total. The number of nitrogens with one attached hydrogen (secondary N) is 1. The van der Waals surface area contributed by atoms with Crippen molar-refractivity contribution >= 4 is 17.4 Å². The Morgan fingerprint density at radius 2 is 2.00 bits per heavy atom. The predicted molar refractivity (Wildman–Crippen MR) is 87.2 cm³/mol. The fourth-order valence-electron chi connectivity index (χ4n) is 2.32. The molecule has 3 rings (SSSR count). The van der Waals surface area contributed by atoms with Gasteiger partial charge in [0, 0.05) is 0 Å². The van der Waals surface area contributed by atoms with Crippen LogP contribution in [0.2, 0.25) is 0 Å². The Bertz CT molecular complexity index is 818. The topological polar surface area (TPSA) is 94.3 Å². The Morgan fingerprint density at radius 3 is 2.75 bits per heavy atom. The normalized spacial score (nSPS) is 12.3. The first kappa shape index (κ1) is 15.9. The molecule has 2 heterocycles. The van der Waals surface area contributed by atoms with Gasteiger partial charge in [0.25, 0.3) is 0 Å². The van der Waals surface area contributed by atoms with Gasteiger partial charge in [-0.1, -0.05) is 30.3 Å². The number of fused-ring (bicyclic) bond motifs is 1. The molecule has 0 fully saturated rings. The van der Waals surface area contributed by atoms with Crippen LogP contribution in [0.4, 0.5) is 5.82 Å². The first-order valence-electron chi connectivity index (χ1n) is 7.68. The second kappa shape index (κ2) is 7.03.